The Hall–Kier alpha value is -2.58. The molecule has 0 saturated heterocycles. The molecule has 9 nitrogen and oxygen atoms in total. The lowest BCUT2D eigenvalue weighted by atomic mass is 9.46. The zero-order valence-electron chi connectivity index (χ0n) is 34.5. The Balaban J connectivity index is 1.15. The van der Waals surface area contributed by atoms with Gasteiger partial charge in [-0.15, -0.1) is 0 Å². The van der Waals surface area contributed by atoms with Crippen LogP contribution in [0.3, 0.4) is 0 Å². The maximum Gasteiger partial charge on any atom is 0.407 e. The smallest absolute Gasteiger partial charge is 0.407 e. The Morgan fingerprint density at radius 3 is 2.34 bits per heavy atom. The van der Waals surface area contributed by atoms with E-state index in [1.165, 1.54) is 62.7 Å². The summed E-state index contributed by atoms with van der Waals surface area (Å²) in [5, 5.41) is 2.89. The van der Waals surface area contributed by atoms with E-state index in [-0.39, 0.29) is 51.1 Å². The molecular weight excluding hydrogens is 668 g/mol. The van der Waals surface area contributed by atoms with E-state index in [0.717, 1.165) is 61.2 Å². The van der Waals surface area contributed by atoms with Crippen LogP contribution >= 0.6 is 0 Å². The lowest BCUT2D eigenvalue weighted by Gasteiger charge is -2.58. The molecule has 53 heavy (non-hydrogen) atoms. The van der Waals surface area contributed by atoms with Crippen molar-refractivity contribution in [3.8, 4) is 0 Å². The molecule has 7 unspecified atom stereocenters. The monoisotopic (exact) mass is 743 g/mol. The van der Waals surface area contributed by atoms with Gasteiger partial charge in [-0.1, -0.05) is 72.0 Å². The number of unbranched alkanes of at least 4 members (excludes halogenated alkanes) is 2. The summed E-state index contributed by atoms with van der Waals surface area (Å²) in [5.74, 6) is 4.30. The second-order valence-electron chi connectivity index (χ2n) is 17.9. The predicted octanol–water partition coefficient (Wildman–Crippen LogP) is 9.28. The van der Waals surface area contributed by atoms with Gasteiger partial charge in [0.05, 0.1) is 26.2 Å². The third kappa shape index (κ3) is 11.5. The van der Waals surface area contributed by atoms with Gasteiger partial charge < -0.3 is 24.4 Å². The number of hydrogen-bond donors (Lipinski definition) is 1. The normalized spacial score (nSPS) is 29.6. The number of nitrogens with zero attached hydrogens (tertiary/aromatic N) is 1. The average Bonchev–Trinajstić information content (AvgIpc) is 3.47. The number of rotatable bonds is 20. The molecule has 0 spiro atoms. The van der Waals surface area contributed by atoms with Crippen LogP contribution in [-0.2, 0) is 28.6 Å². The molecule has 0 bridgehead atoms. The van der Waals surface area contributed by atoms with Crippen molar-refractivity contribution in [1.29, 1.82) is 0 Å². The molecule has 0 radical (unpaired) electrons. The van der Waals surface area contributed by atoms with Crippen LogP contribution in [0.5, 0.6) is 0 Å². The molecule has 0 heterocycles. The lowest BCUT2D eigenvalue weighted by molar-refractivity contribution is -0.150. The summed E-state index contributed by atoms with van der Waals surface area (Å²) in [4.78, 5) is 50.6. The minimum absolute atomic E-state index is 0.0302. The maximum atomic E-state index is 12.8. The second-order valence-corrected chi connectivity index (χ2v) is 17.9. The fraction of sp³-hybridized carbons (Fsp3) is 0.864. The van der Waals surface area contributed by atoms with E-state index >= 15 is 0 Å². The van der Waals surface area contributed by atoms with Gasteiger partial charge in [-0.05, 0) is 130 Å². The number of alkyl carbamates (subject to hydrolysis) is 1. The van der Waals surface area contributed by atoms with Crippen LogP contribution in [0.1, 0.15) is 151 Å². The van der Waals surface area contributed by atoms with Crippen molar-refractivity contribution in [3.05, 3.63) is 11.6 Å². The molecule has 4 rings (SSSR count). The number of carbonyl (C=O) groups excluding carboxylic acids is 4. The number of carbonyl (C=O) groups is 4. The molecule has 3 saturated carbocycles. The van der Waals surface area contributed by atoms with Crippen molar-refractivity contribution in [2.45, 2.75) is 151 Å². The standard InChI is InChI=1S/C44H74N2O7/c1-8-51-40(48)23-27-46(29-41(49)52-9-2)39(47)16-11-10-12-26-45-42(50)53-30-33-21-24-43(6)34(28-33)17-18-35-37-20-19-36(32(5)15-13-14-31(3)4)44(37,7)25-22-38(35)43/h17,31-33,35-38H,8-16,18-30H2,1-7H3,(H,45,50)/t32?,33?,35?,36?,37?,38?,43?,44-/m1/s1. The summed E-state index contributed by atoms with van der Waals surface area (Å²) in [6, 6.07) is 0. The molecular formula is C44H74N2O7. The highest BCUT2D eigenvalue weighted by Crippen LogP contribution is 2.67. The molecule has 4 aliphatic rings. The van der Waals surface area contributed by atoms with Crippen LogP contribution in [0.15, 0.2) is 11.6 Å². The molecule has 0 aromatic carbocycles. The molecule has 8 atom stereocenters. The van der Waals surface area contributed by atoms with Crippen LogP contribution < -0.4 is 5.32 Å². The zero-order chi connectivity index (χ0) is 38.6. The van der Waals surface area contributed by atoms with Crippen molar-refractivity contribution in [1.82, 2.24) is 10.2 Å². The van der Waals surface area contributed by atoms with Crippen molar-refractivity contribution in [3.63, 3.8) is 0 Å². The number of fused-ring (bicyclic) bond motifs is 5. The highest BCUT2D eigenvalue weighted by Gasteiger charge is 2.59. The van der Waals surface area contributed by atoms with Crippen molar-refractivity contribution in [2.75, 3.05) is 39.5 Å². The van der Waals surface area contributed by atoms with E-state index in [0.29, 0.717) is 36.3 Å². The zero-order valence-corrected chi connectivity index (χ0v) is 34.5. The minimum Gasteiger partial charge on any atom is -0.466 e. The molecule has 4 aliphatic carbocycles. The Labute approximate surface area is 321 Å². The molecule has 3 fully saturated rings. The molecule has 0 aromatic rings. The van der Waals surface area contributed by atoms with E-state index < -0.39 is 11.9 Å². The van der Waals surface area contributed by atoms with Crippen LogP contribution in [0.25, 0.3) is 0 Å². The van der Waals surface area contributed by atoms with Gasteiger partial charge in [0.15, 0.2) is 0 Å². The van der Waals surface area contributed by atoms with Crippen molar-refractivity contribution < 1.29 is 33.4 Å². The fourth-order valence-electron chi connectivity index (χ4n) is 11.2. The molecule has 302 valence electrons. The van der Waals surface area contributed by atoms with E-state index in [4.69, 9.17) is 14.2 Å². The predicted molar refractivity (Wildman–Crippen MR) is 209 cm³/mol. The Kier molecular flexibility index (Phi) is 16.6. The minimum atomic E-state index is -0.495. The highest BCUT2D eigenvalue weighted by atomic mass is 16.5. The second kappa shape index (κ2) is 20.4. The summed E-state index contributed by atoms with van der Waals surface area (Å²) in [5.41, 5.74) is 2.44. The van der Waals surface area contributed by atoms with E-state index in [9.17, 15) is 19.2 Å². The van der Waals surface area contributed by atoms with Gasteiger partial charge in [-0.3, -0.25) is 14.4 Å². The van der Waals surface area contributed by atoms with Gasteiger partial charge in [0.1, 0.15) is 6.54 Å². The number of allylic oxidation sites excluding steroid dienone is 2. The van der Waals surface area contributed by atoms with Gasteiger partial charge in [-0.25, -0.2) is 4.79 Å². The van der Waals surface area contributed by atoms with Crippen LogP contribution in [0.4, 0.5) is 4.79 Å². The number of hydrogen-bond acceptors (Lipinski definition) is 7. The summed E-state index contributed by atoms with van der Waals surface area (Å²) in [7, 11) is 0. The summed E-state index contributed by atoms with van der Waals surface area (Å²) in [6.07, 6.45) is 19.0. The fourth-order valence-corrected chi connectivity index (χ4v) is 11.2. The van der Waals surface area contributed by atoms with E-state index in [2.05, 4.69) is 46.0 Å². The molecule has 1 N–H and O–H groups in total. The average molecular weight is 743 g/mol. The van der Waals surface area contributed by atoms with Crippen molar-refractivity contribution >= 4 is 23.9 Å². The number of esters is 2. The van der Waals surface area contributed by atoms with Crippen LogP contribution in [0, 0.1) is 52.3 Å². The number of amides is 2. The topological polar surface area (TPSA) is 111 Å². The molecule has 9 heteroatoms. The first kappa shape index (κ1) is 43.2. The van der Waals surface area contributed by atoms with E-state index in [1.807, 2.05) is 0 Å². The van der Waals surface area contributed by atoms with Gasteiger partial charge >= 0.3 is 18.0 Å². The Bertz CT molecular complexity index is 1250. The quantitative estimate of drug-likeness (QED) is 0.0573. The van der Waals surface area contributed by atoms with E-state index in [1.54, 1.807) is 19.4 Å². The summed E-state index contributed by atoms with van der Waals surface area (Å²) >= 11 is 0. The van der Waals surface area contributed by atoms with Gasteiger partial charge in [0.2, 0.25) is 5.91 Å². The molecule has 0 aliphatic heterocycles. The maximum absolute atomic E-state index is 12.8. The molecule has 0 aromatic heterocycles. The Morgan fingerprint density at radius 1 is 0.849 bits per heavy atom. The largest absolute Gasteiger partial charge is 0.466 e. The van der Waals surface area contributed by atoms with Crippen LogP contribution in [0.2, 0.25) is 0 Å². The summed E-state index contributed by atoms with van der Waals surface area (Å²) < 4.78 is 15.7. The lowest BCUT2D eigenvalue weighted by Crippen LogP contribution is -2.50. The number of nitrogens with one attached hydrogen (secondary N) is 1. The highest BCUT2D eigenvalue weighted by molar-refractivity contribution is 5.82. The first-order valence-electron chi connectivity index (χ1n) is 21.5. The van der Waals surface area contributed by atoms with Gasteiger partial charge in [-0.2, -0.15) is 0 Å². The third-order valence-electron chi connectivity index (χ3n) is 14.1. The first-order chi connectivity index (χ1) is 25.3. The summed E-state index contributed by atoms with van der Waals surface area (Å²) in [6.45, 7) is 17.3. The molecule has 2 amide bonds. The SMILES string of the molecule is CCOC(=O)CCN(CC(=O)OCC)C(=O)CCCCCNC(=O)OCC1CCC2(C)C(=CCC3C2CC[C@]2(C)C(C(C)CCCC(C)C)CCC32)C1. The third-order valence-corrected chi connectivity index (χ3v) is 14.1. The first-order valence-corrected chi connectivity index (χ1v) is 21.5. The van der Waals surface area contributed by atoms with Crippen LogP contribution in [-0.4, -0.2) is 68.3 Å². The van der Waals surface area contributed by atoms with Gasteiger partial charge in [0.25, 0.3) is 0 Å². The number of ether oxygens (including phenoxy) is 3. The van der Waals surface area contributed by atoms with Gasteiger partial charge in [0, 0.05) is 19.5 Å². The Morgan fingerprint density at radius 2 is 1.60 bits per heavy atom. The van der Waals surface area contributed by atoms with Crippen molar-refractivity contribution in [2.24, 2.45) is 52.3 Å².